The average Bonchev–Trinajstić information content (AvgIpc) is 1.12. The van der Waals surface area contributed by atoms with Gasteiger partial charge in [0.05, 0.1) is 116 Å². The van der Waals surface area contributed by atoms with Crippen LogP contribution in [0.3, 0.4) is 0 Å². The van der Waals surface area contributed by atoms with Crippen molar-refractivity contribution in [2.75, 3.05) is 80.7 Å². The molecule has 578 valence electrons. The van der Waals surface area contributed by atoms with Crippen LogP contribution in [0.5, 0.6) is 17.2 Å². The van der Waals surface area contributed by atoms with Gasteiger partial charge in [-0.25, -0.2) is 9.59 Å². The number of ketones is 1. The SMILES string of the molecule is CCN(C(=O)OCOC(=O)C1CCC(CN2C(=O)C=CC2=O)CC1)[C@H]1CO[C@@H](O[C@H]2C(O[C@H]3C#C/C=C\C#C[C@@]4(O)CC(=O)C(NC(=O)OC)=C3/C4=C\CSSSC)O[C@H](C)[C@@H](CO[C@H]3C[C@H](O)[C@H](SC(=O)c4c(C)c(I)c(O[C@@H]5O[C@@H](C)[C@H](C)[C@@H](OC)[C@H]5O)c(OC)c4OC)[C@@H](C)O3)[C@@H]2O)C[C@@H]1OC. The molecule has 5 heterocycles. The summed E-state index contributed by atoms with van der Waals surface area (Å²) in [6.07, 6.45) is -7.33. The molecule has 0 aromatic heterocycles. The molecule has 1 unspecified atom stereocenters. The summed E-state index contributed by atoms with van der Waals surface area (Å²) in [5.74, 6) is 8.48. The van der Waals surface area contributed by atoms with Crippen LogP contribution in [-0.2, 0) is 76.0 Å². The summed E-state index contributed by atoms with van der Waals surface area (Å²) < 4.78 is 91.6. The fourth-order valence-corrected chi connectivity index (χ4v) is 18.2. The third kappa shape index (κ3) is 19.7. The third-order valence-electron chi connectivity index (χ3n) is 19.9. The Morgan fingerprint density at radius 3 is 2.20 bits per heavy atom. The minimum Gasteiger partial charge on any atom is -0.492 e. The Balaban J connectivity index is 0.919. The lowest BCUT2D eigenvalue weighted by Crippen LogP contribution is -2.60. The molecule has 105 heavy (non-hydrogen) atoms. The van der Waals surface area contributed by atoms with Gasteiger partial charge in [0.2, 0.25) is 23.9 Å². The van der Waals surface area contributed by atoms with Crippen LogP contribution >= 0.6 is 65.8 Å². The quantitative estimate of drug-likeness (QED) is 0.0123. The lowest BCUT2D eigenvalue weighted by molar-refractivity contribution is -0.338. The summed E-state index contributed by atoms with van der Waals surface area (Å²) in [4.78, 5) is 95.9. The Hall–Kier alpha value is -5.20. The van der Waals surface area contributed by atoms with E-state index in [0.717, 1.165) is 18.9 Å². The second-order valence-electron chi connectivity index (χ2n) is 26.2. The van der Waals surface area contributed by atoms with Gasteiger partial charge in [-0.15, -0.1) is 0 Å². The molecule has 1 aromatic carbocycles. The Kier molecular flexibility index (Phi) is 30.7. The van der Waals surface area contributed by atoms with Crippen molar-refractivity contribution < 1.29 is 125 Å². The number of methoxy groups -OCH3 is 5. The molecule has 4 saturated heterocycles. The van der Waals surface area contributed by atoms with Crippen LogP contribution in [0.4, 0.5) is 9.59 Å². The number of ether oxygens (including phenoxy) is 15. The number of esters is 1. The number of aliphatic hydroxyl groups excluding tert-OH is 3. The number of hydrogen-bond acceptors (Lipinski definition) is 30. The first-order chi connectivity index (χ1) is 50.2. The molecule has 0 radical (unpaired) electrons. The first kappa shape index (κ1) is 83.8. The second-order valence-corrected chi connectivity index (χ2v) is 32.8. The van der Waals surface area contributed by atoms with Gasteiger partial charge in [-0.3, -0.25) is 34.2 Å². The maximum absolute atomic E-state index is 14.6. The van der Waals surface area contributed by atoms with Crippen molar-refractivity contribution in [3.05, 3.63) is 61.9 Å². The minimum absolute atomic E-state index is 0.0279. The minimum atomic E-state index is -2.12. The van der Waals surface area contributed by atoms with E-state index in [2.05, 4.69) is 29.0 Å². The normalized spacial score (nSPS) is 33.9. The van der Waals surface area contributed by atoms with Crippen molar-refractivity contribution in [2.45, 2.75) is 190 Å². The number of halogens is 1. The molecule has 2 bridgehead atoms. The van der Waals surface area contributed by atoms with E-state index in [1.165, 1.54) is 94.0 Å². The van der Waals surface area contributed by atoms with Crippen molar-refractivity contribution in [3.8, 4) is 40.9 Å². The molecule has 5 N–H and O–H groups in total. The number of benzene rings is 1. The number of nitrogens with one attached hydrogen (secondary N) is 1. The van der Waals surface area contributed by atoms with Gasteiger partial charge in [0.25, 0.3) is 11.8 Å². The molecular weight excluding hydrogens is 1570 g/mol. The van der Waals surface area contributed by atoms with E-state index in [1.807, 2.05) is 42.7 Å². The number of rotatable bonds is 27. The standard InChI is InChI=1S/C71H92IN3O26S4/c1-13-74(70(85)95-34-94-65(82)41-21-19-40(20-22-41)31-75-49(78)23-24-50(75)79)44-33-93-52(29-48(44)87-7)100-62-57(80)42(38(5)98-68(62)99-47-18-16-14-15-17-26-71(86)30-46(77)56(73-69(84)91-11)54(47)43(71)25-27-103-105-102-12)32-92-51-28-45(76)64(39(6)96-51)104-66(83)53-36(3)55(72)61(63(90-10)60(53)89-9)101-67-58(81)59(88-8)35(2)37(4)97-67/h14-15,23-25,35,37-42,44-45,47-48,51-52,57-59,62,64,67-68,76,80-81,86H,13,19-22,27-34H2,1-12H3,(H,73,84)/b15-14-,43-25+/t35-,37-,38+,39+,40?,41?,42+,44-,45-,47-,48-,51+,52-,57-,58+,59+,62+,64+,67-,68?,71+/m0/s1. The summed E-state index contributed by atoms with van der Waals surface area (Å²) in [7, 11) is 11.2. The molecule has 3 aliphatic carbocycles. The van der Waals surface area contributed by atoms with Gasteiger partial charge in [-0.1, -0.05) is 70.0 Å². The molecule has 29 nitrogen and oxygen atoms in total. The Morgan fingerprint density at radius 2 is 1.54 bits per heavy atom. The number of alkyl carbamates (subject to hydrolysis) is 1. The van der Waals surface area contributed by atoms with E-state index in [1.54, 1.807) is 33.8 Å². The van der Waals surface area contributed by atoms with Gasteiger partial charge >= 0.3 is 18.2 Å². The Labute approximate surface area is 639 Å². The number of imide groups is 1. The average molecular weight is 1660 g/mol. The second kappa shape index (κ2) is 38.4. The van der Waals surface area contributed by atoms with Crippen LogP contribution in [-0.4, -0.2) is 255 Å². The third-order valence-corrected chi connectivity index (χ3v) is 26.3. The number of likely N-dealkylation sites (N-methyl/N-ethyl adjacent to an activating group) is 1. The van der Waals surface area contributed by atoms with Crippen molar-refractivity contribution in [1.82, 2.24) is 15.1 Å². The van der Waals surface area contributed by atoms with Crippen molar-refractivity contribution in [3.63, 3.8) is 0 Å². The molecular formula is C71H92IN3O26S4. The summed E-state index contributed by atoms with van der Waals surface area (Å²) in [5.41, 5.74) is -1.79. The fourth-order valence-electron chi connectivity index (χ4n) is 14.1. The molecule has 1 aromatic rings. The topological polar surface area (TPSA) is 357 Å². The number of hydrogen-bond donors (Lipinski definition) is 5. The van der Waals surface area contributed by atoms with Gasteiger partial charge in [-0.05, 0) is 123 Å². The predicted molar refractivity (Wildman–Crippen MR) is 392 cm³/mol. The molecule has 0 spiro atoms. The van der Waals surface area contributed by atoms with Gasteiger partial charge in [-0.2, -0.15) is 0 Å². The first-order valence-corrected chi connectivity index (χ1v) is 40.4. The lowest BCUT2D eigenvalue weighted by atomic mass is 9.75. The van der Waals surface area contributed by atoms with E-state index in [-0.39, 0.29) is 114 Å². The molecule has 9 rings (SSSR count). The van der Waals surface area contributed by atoms with Crippen LogP contribution in [0.15, 0.2) is 47.2 Å². The zero-order valence-corrected chi connectivity index (χ0v) is 65.7. The number of fused-ring (bicyclic) bond motifs is 2. The molecule has 8 aliphatic rings. The summed E-state index contributed by atoms with van der Waals surface area (Å²) in [5, 5.41) is 49.7. The highest BCUT2D eigenvalue weighted by Crippen LogP contribution is 2.50. The number of nitrogens with zero attached hydrogens (tertiary/aromatic N) is 2. The molecule has 5 aliphatic heterocycles. The summed E-state index contributed by atoms with van der Waals surface area (Å²) in [6.45, 7) is 9.72. The van der Waals surface area contributed by atoms with Crippen molar-refractivity contribution in [2.24, 2.45) is 23.7 Å². The van der Waals surface area contributed by atoms with E-state index in [4.69, 9.17) is 71.1 Å². The Morgan fingerprint density at radius 1 is 0.838 bits per heavy atom. The molecule has 34 heteroatoms. The zero-order chi connectivity index (χ0) is 76.1. The highest BCUT2D eigenvalue weighted by Gasteiger charge is 2.53. The monoisotopic (exact) mass is 1660 g/mol. The van der Waals surface area contributed by atoms with Crippen molar-refractivity contribution >= 4 is 107 Å². The van der Waals surface area contributed by atoms with Gasteiger partial charge in [0.15, 0.2) is 41.8 Å². The van der Waals surface area contributed by atoms with Crippen LogP contribution in [0.25, 0.3) is 0 Å². The van der Waals surface area contributed by atoms with Crippen LogP contribution in [0, 0.1) is 57.8 Å². The van der Waals surface area contributed by atoms with E-state index < -0.39 is 151 Å². The van der Waals surface area contributed by atoms with Crippen molar-refractivity contribution in [1.29, 1.82) is 0 Å². The predicted octanol–water partition coefficient (Wildman–Crippen LogP) is 6.30. The zero-order valence-electron chi connectivity index (χ0n) is 60.3. The van der Waals surface area contributed by atoms with E-state index >= 15 is 0 Å². The van der Waals surface area contributed by atoms with Gasteiger partial charge in [0.1, 0.15) is 18.3 Å². The van der Waals surface area contributed by atoms with Crippen LogP contribution in [0.1, 0.15) is 95.5 Å². The van der Waals surface area contributed by atoms with Gasteiger partial charge in [0, 0.05) is 81.0 Å². The maximum atomic E-state index is 14.6. The number of allylic oxidation sites excluding steroid dienone is 3. The lowest BCUT2D eigenvalue weighted by Gasteiger charge is -2.47. The molecule has 4 amide bonds. The van der Waals surface area contributed by atoms with Crippen LogP contribution in [0.2, 0.25) is 0 Å². The highest BCUT2D eigenvalue weighted by atomic mass is 127. The summed E-state index contributed by atoms with van der Waals surface area (Å²) >= 11 is 2.87. The summed E-state index contributed by atoms with van der Waals surface area (Å²) in [6, 6.07) is -0.793. The number of thioether (sulfide) groups is 1. The van der Waals surface area contributed by atoms with E-state index in [0.29, 0.717) is 34.8 Å². The molecule has 19 atom stereocenters. The molecule has 5 fully saturated rings. The van der Waals surface area contributed by atoms with E-state index in [9.17, 15) is 54.0 Å². The molecule has 1 saturated carbocycles. The number of carbonyl (C=O) groups is 7. The van der Waals surface area contributed by atoms with Gasteiger partial charge < -0.3 is 96.4 Å². The fraction of sp³-hybridized carbons (Fsp3) is 0.648. The number of aliphatic hydroxyl groups is 4. The largest absolute Gasteiger partial charge is 0.492 e. The first-order valence-electron chi connectivity index (χ1n) is 34.4. The highest BCUT2D eigenvalue weighted by molar-refractivity contribution is 14.1. The number of amides is 4. The number of carbonyl (C=O) groups excluding carboxylic acids is 7. The van der Waals surface area contributed by atoms with Crippen LogP contribution < -0.4 is 19.5 Å². The Bertz CT molecular complexity index is 3560. The number of Topliss-reactive ketones (excluding diaryl/α,β-unsaturated/α-hetero) is 1. The smallest absolute Gasteiger partial charge is 0.413 e. The maximum Gasteiger partial charge on any atom is 0.413 e.